The topological polar surface area (TPSA) is 140 Å². The number of allylic oxidation sites excluding steroid dienone is 2. The SMILES string of the molecule is COC(=O)C1=C(N)OC2=C(C(=O)CCC2)[C@@H]1c1cc(Cl)c(OCc2ccc([N+](=O)[O-])cc2)c(OC)c1. The lowest BCUT2D eigenvalue weighted by molar-refractivity contribution is -0.384. The Kier molecular flexibility index (Phi) is 7.16. The number of ether oxygens (including phenoxy) is 4. The Labute approximate surface area is 211 Å². The molecule has 2 aromatic carbocycles. The van der Waals surface area contributed by atoms with Crippen molar-refractivity contribution in [2.24, 2.45) is 5.73 Å². The van der Waals surface area contributed by atoms with Crippen LogP contribution in [0.3, 0.4) is 0 Å². The molecule has 1 aliphatic heterocycles. The van der Waals surface area contributed by atoms with Crippen molar-refractivity contribution >= 4 is 29.0 Å². The van der Waals surface area contributed by atoms with E-state index in [0.717, 1.165) is 0 Å². The molecule has 0 spiro atoms. The summed E-state index contributed by atoms with van der Waals surface area (Å²) in [6.07, 6.45) is 1.44. The van der Waals surface area contributed by atoms with Crippen LogP contribution in [-0.4, -0.2) is 30.9 Å². The highest BCUT2D eigenvalue weighted by molar-refractivity contribution is 6.32. The molecule has 2 aromatic rings. The molecule has 2 aliphatic rings. The number of non-ortho nitro benzene ring substituents is 1. The summed E-state index contributed by atoms with van der Waals surface area (Å²) >= 11 is 6.58. The van der Waals surface area contributed by atoms with E-state index >= 15 is 0 Å². The number of halogens is 1. The number of hydrogen-bond donors (Lipinski definition) is 1. The number of Topliss-reactive ketones (excluding diaryl/α,β-unsaturated/α-hetero) is 1. The number of nitrogens with zero attached hydrogens (tertiary/aromatic N) is 1. The molecule has 0 unspecified atom stereocenters. The van der Waals surface area contributed by atoms with E-state index in [-0.39, 0.29) is 46.1 Å². The van der Waals surface area contributed by atoms with E-state index in [9.17, 15) is 19.7 Å². The molecule has 1 aliphatic carbocycles. The molecule has 36 heavy (non-hydrogen) atoms. The molecule has 2 N–H and O–H groups in total. The number of rotatable bonds is 7. The predicted octanol–water partition coefficient (Wildman–Crippen LogP) is 4.30. The summed E-state index contributed by atoms with van der Waals surface area (Å²) in [4.78, 5) is 36.0. The van der Waals surface area contributed by atoms with Crippen LogP contribution >= 0.6 is 11.6 Å². The van der Waals surface area contributed by atoms with Gasteiger partial charge in [-0.1, -0.05) is 11.6 Å². The molecular weight excluding hydrogens is 492 g/mol. The van der Waals surface area contributed by atoms with Gasteiger partial charge in [0.1, 0.15) is 17.9 Å². The third-order valence-electron chi connectivity index (χ3n) is 6.01. The summed E-state index contributed by atoms with van der Waals surface area (Å²) in [5, 5.41) is 11.0. The highest BCUT2D eigenvalue weighted by atomic mass is 35.5. The minimum Gasteiger partial charge on any atom is -0.493 e. The Bertz CT molecular complexity index is 1300. The van der Waals surface area contributed by atoms with E-state index < -0.39 is 16.8 Å². The van der Waals surface area contributed by atoms with Gasteiger partial charge in [0.2, 0.25) is 5.88 Å². The van der Waals surface area contributed by atoms with Crippen molar-refractivity contribution in [2.75, 3.05) is 14.2 Å². The molecule has 0 bridgehead atoms. The molecule has 1 heterocycles. The van der Waals surface area contributed by atoms with Gasteiger partial charge in [0.25, 0.3) is 5.69 Å². The normalized spacial score (nSPS) is 17.3. The van der Waals surface area contributed by atoms with Crippen molar-refractivity contribution in [2.45, 2.75) is 31.8 Å². The maximum atomic E-state index is 12.9. The van der Waals surface area contributed by atoms with Gasteiger partial charge in [0, 0.05) is 30.5 Å². The fraction of sp³-hybridized carbons (Fsp3) is 0.280. The Morgan fingerprint density at radius 2 is 1.94 bits per heavy atom. The van der Waals surface area contributed by atoms with Crippen molar-refractivity contribution in [3.05, 3.63) is 85.5 Å². The molecule has 0 saturated carbocycles. The summed E-state index contributed by atoms with van der Waals surface area (Å²) in [6.45, 7) is 0.0682. The first-order chi connectivity index (χ1) is 17.2. The van der Waals surface area contributed by atoms with Gasteiger partial charge in [-0.15, -0.1) is 0 Å². The van der Waals surface area contributed by atoms with Crippen LogP contribution in [0.4, 0.5) is 5.69 Å². The molecular formula is C25H23ClN2O8. The van der Waals surface area contributed by atoms with E-state index in [0.29, 0.717) is 41.7 Å². The van der Waals surface area contributed by atoms with Gasteiger partial charge < -0.3 is 24.7 Å². The van der Waals surface area contributed by atoms with Gasteiger partial charge in [-0.05, 0) is 41.8 Å². The molecule has 0 fully saturated rings. The minimum absolute atomic E-state index is 0.00386. The number of ketones is 1. The Morgan fingerprint density at radius 1 is 1.22 bits per heavy atom. The van der Waals surface area contributed by atoms with Crippen LogP contribution in [0.2, 0.25) is 5.02 Å². The first-order valence-corrected chi connectivity index (χ1v) is 11.4. The second-order valence-corrected chi connectivity index (χ2v) is 8.57. The molecule has 0 saturated heterocycles. The molecule has 0 amide bonds. The lowest BCUT2D eigenvalue weighted by atomic mass is 9.77. The van der Waals surface area contributed by atoms with E-state index in [1.807, 2.05) is 0 Å². The van der Waals surface area contributed by atoms with Crippen molar-refractivity contribution in [1.82, 2.24) is 0 Å². The average molecular weight is 515 g/mol. The number of nitro benzene ring substituents is 1. The van der Waals surface area contributed by atoms with Crippen LogP contribution in [-0.2, 0) is 25.7 Å². The number of benzene rings is 2. The van der Waals surface area contributed by atoms with Crippen LogP contribution in [0.15, 0.2) is 59.2 Å². The summed E-state index contributed by atoms with van der Waals surface area (Å²) in [5.41, 5.74) is 7.57. The summed E-state index contributed by atoms with van der Waals surface area (Å²) in [6, 6.07) is 9.11. The van der Waals surface area contributed by atoms with E-state index in [1.54, 1.807) is 24.3 Å². The zero-order valence-electron chi connectivity index (χ0n) is 19.5. The summed E-state index contributed by atoms with van der Waals surface area (Å²) in [5.74, 6) is -0.944. The van der Waals surface area contributed by atoms with Crippen LogP contribution in [0, 0.1) is 10.1 Å². The number of methoxy groups -OCH3 is 2. The first-order valence-electron chi connectivity index (χ1n) is 11.0. The zero-order chi connectivity index (χ0) is 26.0. The second kappa shape index (κ2) is 10.3. The third-order valence-corrected chi connectivity index (χ3v) is 6.29. The van der Waals surface area contributed by atoms with Crippen LogP contribution in [0.5, 0.6) is 11.5 Å². The maximum absolute atomic E-state index is 12.9. The molecule has 11 heteroatoms. The van der Waals surface area contributed by atoms with Crippen molar-refractivity contribution in [1.29, 1.82) is 0 Å². The lowest BCUT2D eigenvalue weighted by Crippen LogP contribution is -2.31. The maximum Gasteiger partial charge on any atom is 0.340 e. The van der Waals surface area contributed by atoms with E-state index in [1.165, 1.54) is 26.4 Å². The predicted molar refractivity (Wildman–Crippen MR) is 128 cm³/mol. The van der Waals surface area contributed by atoms with Gasteiger partial charge in [-0.3, -0.25) is 14.9 Å². The number of carbonyl (C=O) groups excluding carboxylic acids is 2. The molecule has 188 valence electrons. The fourth-order valence-electron chi connectivity index (χ4n) is 4.31. The molecule has 10 nitrogen and oxygen atoms in total. The van der Waals surface area contributed by atoms with E-state index in [4.69, 9.17) is 36.3 Å². The summed E-state index contributed by atoms with van der Waals surface area (Å²) in [7, 11) is 2.65. The fourth-order valence-corrected chi connectivity index (χ4v) is 4.59. The zero-order valence-corrected chi connectivity index (χ0v) is 20.3. The number of nitro groups is 1. The number of nitrogens with two attached hydrogens (primary N) is 1. The largest absolute Gasteiger partial charge is 0.493 e. The highest BCUT2D eigenvalue weighted by Gasteiger charge is 2.41. The Morgan fingerprint density at radius 3 is 2.58 bits per heavy atom. The second-order valence-electron chi connectivity index (χ2n) is 8.16. The quantitative estimate of drug-likeness (QED) is 0.325. The number of carbonyl (C=O) groups is 2. The van der Waals surface area contributed by atoms with Gasteiger partial charge >= 0.3 is 5.97 Å². The minimum atomic E-state index is -0.857. The number of esters is 1. The molecule has 0 radical (unpaired) electrons. The van der Waals surface area contributed by atoms with E-state index in [2.05, 4.69) is 0 Å². The lowest BCUT2D eigenvalue weighted by Gasteiger charge is -2.32. The van der Waals surface area contributed by atoms with Gasteiger partial charge in [-0.2, -0.15) is 0 Å². The van der Waals surface area contributed by atoms with Crippen LogP contribution in [0.25, 0.3) is 0 Å². The van der Waals surface area contributed by atoms with Gasteiger partial charge in [0.15, 0.2) is 17.3 Å². The van der Waals surface area contributed by atoms with Crippen LogP contribution < -0.4 is 15.2 Å². The monoisotopic (exact) mass is 514 g/mol. The molecule has 4 rings (SSSR count). The number of hydrogen-bond acceptors (Lipinski definition) is 9. The Balaban J connectivity index is 1.72. The van der Waals surface area contributed by atoms with Crippen LogP contribution in [0.1, 0.15) is 36.3 Å². The smallest absolute Gasteiger partial charge is 0.340 e. The molecule has 1 atom stereocenters. The molecule has 0 aromatic heterocycles. The Hall–Kier alpha value is -4.05. The van der Waals surface area contributed by atoms with Crippen molar-refractivity contribution in [3.8, 4) is 11.5 Å². The van der Waals surface area contributed by atoms with Gasteiger partial charge in [0.05, 0.1) is 30.1 Å². The van der Waals surface area contributed by atoms with Crippen molar-refractivity contribution in [3.63, 3.8) is 0 Å². The highest BCUT2D eigenvalue weighted by Crippen LogP contribution is 2.47. The average Bonchev–Trinajstić information content (AvgIpc) is 2.86. The standard InChI is InChI=1S/C25H23ClN2O8/c1-33-19-11-14(10-16(26)23(19)35-12-13-6-8-15(9-7-13)28(31)32)20-21-17(29)4-3-5-18(21)36-24(27)22(20)25(30)34-2/h6-11,20H,3-5,12,27H2,1-2H3/t20-/m0/s1. The summed E-state index contributed by atoms with van der Waals surface area (Å²) < 4.78 is 22.0. The first kappa shape index (κ1) is 25.1. The van der Waals surface area contributed by atoms with Gasteiger partial charge in [-0.25, -0.2) is 4.79 Å². The van der Waals surface area contributed by atoms with Crippen molar-refractivity contribution < 1.29 is 33.5 Å². The third kappa shape index (κ3) is 4.72.